The van der Waals surface area contributed by atoms with Crippen molar-refractivity contribution >= 4 is 5.91 Å². The number of phenolic OH excluding ortho intramolecular Hbond substituents is 1. The van der Waals surface area contributed by atoms with E-state index in [2.05, 4.69) is 10.2 Å². The smallest absolute Gasteiger partial charge is 0.273 e. The van der Waals surface area contributed by atoms with Crippen LogP contribution >= 0.6 is 0 Å². The molecule has 3 aromatic rings. The number of benzene rings is 2. The van der Waals surface area contributed by atoms with Gasteiger partial charge in [0.1, 0.15) is 22.9 Å². The lowest BCUT2D eigenvalue weighted by atomic mass is 9.95. The first-order valence-corrected chi connectivity index (χ1v) is 9.55. The minimum Gasteiger partial charge on any atom is -0.507 e. The number of amides is 1. The lowest BCUT2D eigenvalue weighted by Crippen LogP contribution is -2.32. The van der Waals surface area contributed by atoms with Crippen molar-refractivity contribution in [3.8, 4) is 22.8 Å². The van der Waals surface area contributed by atoms with Crippen LogP contribution in [0.5, 0.6) is 11.5 Å². The molecule has 1 amide bonds. The summed E-state index contributed by atoms with van der Waals surface area (Å²) in [4.78, 5) is 14.9. The van der Waals surface area contributed by atoms with E-state index in [-0.39, 0.29) is 17.7 Å². The van der Waals surface area contributed by atoms with Crippen LogP contribution < -0.4 is 4.74 Å². The molecule has 1 unspecified atom stereocenters. The number of rotatable bonds is 7. The molecule has 2 N–H and O–H groups in total. The van der Waals surface area contributed by atoms with E-state index >= 15 is 0 Å². The number of fused-ring (bicyclic) bond motifs is 1. The molecule has 0 spiro atoms. The first kappa shape index (κ1) is 19.0. The first-order valence-electron chi connectivity index (χ1n) is 9.55. The quantitative estimate of drug-likeness (QED) is 0.643. The minimum absolute atomic E-state index is 0.120. The van der Waals surface area contributed by atoms with E-state index in [1.165, 1.54) is 0 Å². The number of hydrogen-bond acceptors (Lipinski definition) is 5. The van der Waals surface area contributed by atoms with Crippen LogP contribution in [0.15, 0.2) is 48.5 Å². The number of aromatic amines is 1. The maximum Gasteiger partial charge on any atom is 0.273 e. The summed E-state index contributed by atoms with van der Waals surface area (Å²) in [6.45, 7) is 3.38. The molecule has 1 aliphatic heterocycles. The average molecular weight is 393 g/mol. The monoisotopic (exact) mass is 393 g/mol. The van der Waals surface area contributed by atoms with Crippen molar-refractivity contribution in [2.24, 2.45) is 0 Å². The fourth-order valence-corrected chi connectivity index (χ4v) is 3.76. The van der Waals surface area contributed by atoms with Crippen LogP contribution in [0.1, 0.15) is 34.6 Å². The van der Waals surface area contributed by atoms with Crippen LogP contribution in [-0.2, 0) is 4.74 Å². The summed E-state index contributed by atoms with van der Waals surface area (Å²) < 4.78 is 10.8. The molecule has 1 atom stereocenters. The lowest BCUT2D eigenvalue weighted by Gasteiger charge is -2.26. The number of carbonyl (C=O) groups is 1. The maximum absolute atomic E-state index is 13.1. The second-order valence-electron chi connectivity index (χ2n) is 6.77. The summed E-state index contributed by atoms with van der Waals surface area (Å²) >= 11 is 0. The Hall–Kier alpha value is -3.32. The fourth-order valence-electron chi connectivity index (χ4n) is 3.76. The maximum atomic E-state index is 13.1. The van der Waals surface area contributed by atoms with Gasteiger partial charge in [-0.1, -0.05) is 24.3 Å². The molecule has 1 aromatic heterocycles. The molecular weight excluding hydrogens is 370 g/mol. The predicted molar refractivity (Wildman–Crippen MR) is 108 cm³/mol. The molecule has 0 aliphatic carbocycles. The standard InChI is InChI=1S/C22H23N3O4/c1-3-29-15-10-8-14(9-11-15)21-18-19(16-6-4-5-7-17(16)26)23-24-20(18)22(27)25(21)12-13-28-2/h4-11,21,26H,3,12-13H2,1-2H3,(H,23,24). The zero-order valence-electron chi connectivity index (χ0n) is 16.4. The number of para-hydroxylation sites is 1. The summed E-state index contributed by atoms with van der Waals surface area (Å²) in [6.07, 6.45) is 0. The van der Waals surface area contributed by atoms with Crippen LogP contribution in [0.2, 0.25) is 0 Å². The van der Waals surface area contributed by atoms with E-state index in [1.807, 2.05) is 37.3 Å². The highest BCUT2D eigenvalue weighted by Gasteiger charge is 2.42. The third kappa shape index (κ3) is 3.34. The van der Waals surface area contributed by atoms with E-state index < -0.39 is 0 Å². The summed E-state index contributed by atoms with van der Waals surface area (Å²) in [5.74, 6) is 0.762. The molecular formula is C22H23N3O4. The van der Waals surface area contributed by atoms with E-state index in [4.69, 9.17) is 9.47 Å². The van der Waals surface area contributed by atoms with Crippen LogP contribution in [0.25, 0.3) is 11.3 Å². The van der Waals surface area contributed by atoms with Crippen LogP contribution in [0, 0.1) is 0 Å². The molecule has 2 aromatic carbocycles. The van der Waals surface area contributed by atoms with Gasteiger partial charge >= 0.3 is 0 Å². The molecule has 0 fully saturated rings. The Morgan fingerprint density at radius 1 is 1.17 bits per heavy atom. The van der Waals surface area contributed by atoms with Crippen LogP contribution in [0.3, 0.4) is 0 Å². The number of methoxy groups -OCH3 is 1. The molecule has 0 saturated heterocycles. The molecule has 0 saturated carbocycles. The number of carbonyl (C=O) groups excluding carboxylic acids is 1. The molecule has 0 radical (unpaired) electrons. The molecule has 1 aliphatic rings. The average Bonchev–Trinajstić information content (AvgIpc) is 3.27. The highest BCUT2D eigenvalue weighted by Crippen LogP contribution is 2.44. The van der Waals surface area contributed by atoms with Gasteiger partial charge in [0.25, 0.3) is 5.91 Å². The van der Waals surface area contributed by atoms with Crippen molar-refractivity contribution in [1.82, 2.24) is 15.1 Å². The fraction of sp³-hybridized carbons (Fsp3) is 0.273. The van der Waals surface area contributed by atoms with Gasteiger partial charge in [0.2, 0.25) is 0 Å². The normalized spacial score (nSPS) is 15.6. The Morgan fingerprint density at radius 2 is 1.93 bits per heavy atom. The third-order valence-electron chi connectivity index (χ3n) is 5.07. The summed E-state index contributed by atoms with van der Waals surface area (Å²) in [5.41, 5.74) is 3.30. The van der Waals surface area contributed by atoms with Crippen molar-refractivity contribution in [3.05, 3.63) is 65.4 Å². The van der Waals surface area contributed by atoms with Gasteiger partial charge in [-0.05, 0) is 36.8 Å². The van der Waals surface area contributed by atoms with Gasteiger partial charge in [-0.25, -0.2) is 0 Å². The Balaban J connectivity index is 1.83. The first-order chi connectivity index (χ1) is 14.2. The van der Waals surface area contributed by atoms with Gasteiger partial charge in [-0.2, -0.15) is 5.10 Å². The van der Waals surface area contributed by atoms with E-state index in [9.17, 15) is 9.90 Å². The predicted octanol–water partition coefficient (Wildman–Crippen LogP) is 3.37. The summed E-state index contributed by atoms with van der Waals surface area (Å²) in [6, 6.07) is 14.4. The summed E-state index contributed by atoms with van der Waals surface area (Å²) in [5, 5.41) is 17.6. The Bertz CT molecular complexity index is 1010. The molecule has 150 valence electrons. The zero-order chi connectivity index (χ0) is 20.4. The van der Waals surface area contributed by atoms with Gasteiger partial charge in [0.15, 0.2) is 0 Å². The SMILES string of the molecule is CCOc1ccc(C2c3c(-c4ccccc4O)n[nH]c3C(=O)N2CCOC)cc1. The van der Waals surface area contributed by atoms with E-state index in [1.54, 1.807) is 30.2 Å². The number of phenols is 1. The van der Waals surface area contributed by atoms with Crippen molar-refractivity contribution in [3.63, 3.8) is 0 Å². The van der Waals surface area contributed by atoms with E-state index in [0.717, 1.165) is 16.9 Å². The number of aromatic nitrogens is 2. The molecule has 4 rings (SSSR count). The van der Waals surface area contributed by atoms with Crippen LogP contribution in [0.4, 0.5) is 0 Å². The second-order valence-corrected chi connectivity index (χ2v) is 6.77. The Labute approximate surface area is 168 Å². The van der Waals surface area contributed by atoms with Gasteiger partial charge in [-0.3, -0.25) is 9.89 Å². The molecule has 2 heterocycles. The summed E-state index contributed by atoms with van der Waals surface area (Å²) in [7, 11) is 1.61. The van der Waals surface area contributed by atoms with Gasteiger partial charge in [-0.15, -0.1) is 0 Å². The molecule has 29 heavy (non-hydrogen) atoms. The number of hydrogen-bond donors (Lipinski definition) is 2. The Kier molecular flexibility index (Phi) is 5.22. The second kappa shape index (κ2) is 7.97. The molecule has 0 bridgehead atoms. The van der Waals surface area contributed by atoms with Crippen molar-refractivity contribution in [1.29, 1.82) is 0 Å². The van der Waals surface area contributed by atoms with Gasteiger partial charge in [0.05, 0.1) is 19.3 Å². The van der Waals surface area contributed by atoms with Crippen molar-refractivity contribution in [2.75, 3.05) is 26.9 Å². The molecule has 7 nitrogen and oxygen atoms in total. The number of nitrogens with zero attached hydrogens (tertiary/aromatic N) is 2. The zero-order valence-corrected chi connectivity index (χ0v) is 16.4. The number of aromatic hydroxyl groups is 1. The number of H-pyrrole nitrogens is 1. The third-order valence-corrected chi connectivity index (χ3v) is 5.07. The topological polar surface area (TPSA) is 87.7 Å². The van der Waals surface area contributed by atoms with E-state index in [0.29, 0.717) is 36.7 Å². The lowest BCUT2D eigenvalue weighted by molar-refractivity contribution is 0.0677. The van der Waals surface area contributed by atoms with Crippen LogP contribution in [-0.4, -0.2) is 53.0 Å². The minimum atomic E-state index is -0.336. The number of ether oxygens (including phenoxy) is 2. The van der Waals surface area contributed by atoms with Crippen molar-refractivity contribution in [2.45, 2.75) is 13.0 Å². The highest BCUT2D eigenvalue weighted by molar-refractivity contribution is 6.00. The molecule has 7 heteroatoms. The highest BCUT2D eigenvalue weighted by atomic mass is 16.5. The number of nitrogens with one attached hydrogen (secondary N) is 1. The van der Waals surface area contributed by atoms with Gasteiger partial charge < -0.3 is 19.5 Å². The van der Waals surface area contributed by atoms with Crippen molar-refractivity contribution < 1.29 is 19.4 Å². The van der Waals surface area contributed by atoms with Gasteiger partial charge in [0, 0.05) is 24.8 Å². The largest absolute Gasteiger partial charge is 0.507 e. The Morgan fingerprint density at radius 3 is 2.62 bits per heavy atom.